The van der Waals surface area contributed by atoms with Crippen molar-refractivity contribution in [2.75, 3.05) is 38.0 Å². The molecule has 1 fully saturated rings. The molecule has 0 unspecified atom stereocenters. The molecule has 5 nitrogen and oxygen atoms in total. The summed E-state index contributed by atoms with van der Waals surface area (Å²) >= 11 is 0. The van der Waals surface area contributed by atoms with E-state index in [1.165, 1.54) is 11.1 Å². The average Bonchev–Trinajstić information content (AvgIpc) is 2.69. The van der Waals surface area contributed by atoms with Crippen LogP contribution >= 0.6 is 0 Å². The van der Waals surface area contributed by atoms with Gasteiger partial charge in [0.15, 0.2) is 0 Å². The van der Waals surface area contributed by atoms with Gasteiger partial charge in [-0.2, -0.15) is 0 Å². The number of nitrogens with zero attached hydrogens (tertiary/aromatic N) is 3. The van der Waals surface area contributed by atoms with Gasteiger partial charge in [-0.15, -0.1) is 0 Å². The number of hydrogen-bond donors (Lipinski definition) is 1. The number of carbonyl (C=O) groups excluding carboxylic acids is 1. The Hall–Kier alpha value is -2.40. The van der Waals surface area contributed by atoms with Gasteiger partial charge in [-0.1, -0.05) is 32.0 Å². The van der Waals surface area contributed by atoms with Crippen molar-refractivity contribution in [2.24, 2.45) is 0 Å². The predicted molar refractivity (Wildman–Crippen MR) is 106 cm³/mol. The molecular formula is C21H28N4O. The number of pyridine rings is 1. The molecule has 1 aromatic carbocycles. The number of aromatic nitrogens is 1. The summed E-state index contributed by atoms with van der Waals surface area (Å²) in [4.78, 5) is 21.4. The lowest BCUT2D eigenvalue weighted by Crippen LogP contribution is -2.48. The number of rotatable bonds is 5. The Labute approximate surface area is 156 Å². The van der Waals surface area contributed by atoms with Crippen molar-refractivity contribution in [1.29, 1.82) is 0 Å². The van der Waals surface area contributed by atoms with Crippen LogP contribution in [0.1, 0.15) is 35.3 Å². The number of piperazine rings is 1. The summed E-state index contributed by atoms with van der Waals surface area (Å²) in [6.45, 7) is 10.9. The summed E-state index contributed by atoms with van der Waals surface area (Å²) in [5, 5.41) is 3.46. The molecule has 1 saturated heterocycles. The molecule has 1 N–H and O–H groups in total. The van der Waals surface area contributed by atoms with E-state index in [1.54, 1.807) is 12.4 Å². The molecular weight excluding hydrogens is 324 g/mol. The number of amides is 1. The van der Waals surface area contributed by atoms with E-state index >= 15 is 0 Å². The highest BCUT2D eigenvalue weighted by atomic mass is 16.2. The summed E-state index contributed by atoms with van der Waals surface area (Å²) < 4.78 is 0. The minimum absolute atomic E-state index is 0.0670. The molecule has 0 spiro atoms. The van der Waals surface area contributed by atoms with E-state index in [9.17, 15) is 4.79 Å². The number of nitrogens with one attached hydrogen (secondary N) is 1. The van der Waals surface area contributed by atoms with Crippen LogP contribution in [0, 0.1) is 6.92 Å². The monoisotopic (exact) mass is 352 g/mol. The van der Waals surface area contributed by atoms with Crippen LogP contribution in [0.5, 0.6) is 0 Å². The third-order valence-electron chi connectivity index (χ3n) is 5.10. The molecule has 5 heteroatoms. The molecule has 0 bridgehead atoms. The van der Waals surface area contributed by atoms with Crippen molar-refractivity contribution in [3.8, 4) is 0 Å². The highest BCUT2D eigenvalue weighted by molar-refractivity contribution is 5.95. The van der Waals surface area contributed by atoms with Gasteiger partial charge >= 0.3 is 0 Å². The van der Waals surface area contributed by atoms with Crippen molar-refractivity contribution in [3.63, 3.8) is 0 Å². The van der Waals surface area contributed by atoms with E-state index in [0.717, 1.165) is 50.5 Å². The van der Waals surface area contributed by atoms with E-state index in [2.05, 4.69) is 54.2 Å². The lowest BCUT2D eigenvalue weighted by Gasteiger charge is -2.34. The zero-order valence-corrected chi connectivity index (χ0v) is 16.0. The molecule has 1 aromatic heterocycles. The van der Waals surface area contributed by atoms with Gasteiger partial charge in [0.1, 0.15) is 0 Å². The van der Waals surface area contributed by atoms with E-state index in [0.29, 0.717) is 5.56 Å². The summed E-state index contributed by atoms with van der Waals surface area (Å²) in [6, 6.07) is 8.21. The molecule has 2 heterocycles. The minimum Gasteiger partial charge on any atom is -0.354 e. The molecule has 1 amide bonds. The Kier molecular flexibility index (Phi) is 5.89. The van der Waals surface area contributed by atoms with Crippen molar-refractivity contribution < 1.29 is 4.79 Å². The predicted octanol–water partition coefficient (Wildman–Crippen LogP) is 3.47. The van der Waals surface area contributed by atoms with Crippen LogP contribution in [-0.2, 0) is 6.42 Å². The van der Waals surface area contributed by atoms with Crippen LogP contribution in [-0.4, -0.2) is 53.4 Å². The fraction of sp³-hybridized carbons (Fsp3) is 0.429. The maximum absolute atomic E-state index is 12.8. The average molecular weight is 352 g/mol. The summed E-state index contributed by atoms with van der Waals surface area (Å²) in [6.07, 6.45) is 4.40. The molecule has 1 aliphatic heterocycles. The highest BCUT2D eigenvalue weighted by Crippen LogP contribution is 2.25. The molecule has 2 aromatic rings. The molecule has 0 saturated carbocycles. The highest BCUT2D eigenvalue weighted by Gasteiger charge is 2.21. The maximum Gasteiger partial charge on any atom is 0.255 e. The number of benzene rings is 1. The third-order valence-corrected chi connectivity index (χ3v) is 5.10. The van der Waals surface area contributed by atoms with Gasteiger partial charge in [-0.3, -0.25) is 9.78 Å². The van der Waals surface area contributed by atoms with Crippen LogP contribution in [0.25, 0.3) is 0 Å². The second kappa shape index (κ2) is 8.32. The molecule has 0 radical (unpaired) electrons. The van der Waals surface area contributed by atoms with Gasteiger partial charge in [0.2, 0.25) is 0 Å². The van der Waals surface area contributed by atoms with Gasteiger partial charge in [0.25, 0.3) is 5.91 Å². The van der Waals surface area contributed by atoms with Crippen LogP contribution < -0.4 is 5.32 Å². The number of carbonyl (C=O) groups is 1. The van der Waals surface area contributed by atoms with Crippen molar-refractivity contribution in [2.45, 2.75) is 27.2 Å². The standard InChI is InChI=1S/C21H28N4O/c1-4-17-8-6-7-16(3)20(17)23-19-13-18(14-22-15-19)21(26)25-11-9-24(5-2)10-12-25/h6-8,13-15,23H,4-5,9-12H2,1-3H3. The Morgan fingerprint density at radius 1 is 1.15 bits per heavy atom. The lowest BCUT2D eigenvalue weighted by molar-refractivity contribution is 0.0643. The largest absolute Gasteiger partial charge is 0.354 e. The molecule has 0 atom stereocenters. The number of hydrogen-bond acceptors (Lipinski definition) is 4. The number of anilines is 2. The van der Waals surface area contributed by atoms with Gasteiger partial charge in [0.05, 0.1) is 17.4 Å². The first-order valence-electron chi connectivity index (χ1n) is 9.44. The Bertz CT molecular complexity index is 766. The second-order valence-electron chi connectivity index (χ2n) is 6.78. The van der Waals surface area contributed by atoms with E-state index in [1.807, 2.05) is 11.0 Å². The topological polar surface area (TPSA) is 48.5 Å². The smallest absolute Gasteiger partial charge is 0.255 e. The molecule has 0 aliphatic carbocycles. The van der Waals surface area contributed by atoms with Crippen LogP contribution in [0.15, 0.2) is 36.7 Å². The SMILES string of the molecule is CCc1cccc(C)c1Nc1cncc(C(=O)N2CCN(CC)CC2)c1. The van der Waals surface area contributed by atoms with Gasteiger partial charge in [0, 0.05) is 38.1 Å². The zero-order valence-electron chi connectivity index (χ0n) is 16.0. The van der Waals surface area contributed by atoms with Gasteiger partial charge < -0.3 is 15.1 Å². The second-order valence-corrected chi connectivity index (χ2v) is 6.78. The fourth-order valence-electron chi connectivity index (χ4n) is 3.42. The van der Waals surface area contributed by atoms with E-state index in [4.69, 9.17) is 0 Å². The molecule has 26 heavy (non-hydrogen) atoms. The lowest BCUT2D eigenvalue weighted by atomic mass is 10.1. The van der Waals surface area contributed by atoms with E-state index < -0.39 is 0 Å². The number of likely N-dealkylation sites (N-methyl/N-ethyl adjacent to an activating group) is 1. The quantitative estimate of drug-likeness (QED) is 0.895. The Balaban J connectivity index is 1.76. The third kappa shape index (κ3) is 4.05. The first-order valence-corrected chi connectivity index (χ1v) is 9.44. The Morgan fingerprint density at radius 3 is 2.62 bits per heavy atom. The summed E-state index contributed by atoms with van der Waals surface area (Å²) in [5.41, 5.74) is 5.06. The van der Waals surface area contributed by atoms with Gasteiger partial charge in [-0.05, 0) is 37.1 Å². The molecule has 138 valence electrons. The van der Waals surface area contributed by atoms with Crippen LogP contribution in [0.3, 0.4) is 0 Å². The van der Waals surface area contributed by atoms with Crippen molar-refractivity contribution in [3.05, 3.63) is 53.3 Å². The first kappa shape index (κ1) is 18.4. The summed E-state index contributed by atoms with van der Waals surface area (Å²) in [5.74, 6) is 0.0670. The van der Waals surface area contributed by atoms with Crippen molar-refractivity contribution in [1.82, 2.24) is 14.8 Å². The molecule has 3 rings (SSSR count). The fourth-order valence-corrected chi connectivity index (χ4v) is 3.42. The first-order chi connectivity index (χ1) is 12.6. The zero-order chi connectivity index (χ0) is 18.5. The number of aryl methyl sites for hydroxylation is 2. The summed E-state index contributed by atoms with van der Waals surface area (Å²) in [7, 11) is 0. The minimum atomic E-state index is 0.0670. The Morgan fingerprint density at radius 2 is 1.92 bits per heavy atom. The normalized spacial score (nSPS) is 15.1. The van der Waals surface area contributed by atoms with Crippen LogP contribution in [0.2, 0.25) is 0 Å². The van der Waals surface area contributed by atoms with E-state index in [-0.39, 0.29) is 5.91 Å². The van der Waals surface area contributed by atoms with Gasteiger partial charge in [-0.25, -0.2) is 0 Å². The van der Waals surface area contributed by atoms with Crippen molar-refractivity contribution >= 4 is 17.3 Å². The van der Waals surface area contributed by atoms with Crippen LogP contribution in [0.4, 0.5) is 11.4 Å². The maximum atomic E-state index is 12.8. The number of para-hydroxylation sites is 1. The molecule has 1 aliphatic rings.